The van der Waals surface area contributed by atoms with E-state index >= 15 is 0 Å². The van der Waals surface area contributed by atoms with Crippen LogP contribution in [0.5, 0.6) is 0 Å². The first-order valence-electron chi connectivity index (χ1n) is 4.82. The van der Waals surface area contributed by atoms with Gasteiger partial charge in [0.05, 0.1) is 26.9 Å². The molecule has 0 spiro atoms. The summed E-state index contributed by atoms with van der Waals surface area (Å²) in [6, 6.07) is 0. The van der Waals surface area contributed by atoms with E-state index in [2.05, 4.69) is 9.47 Å². The first-order valence-corrected chi connectivity index (χ1v) is 4.82. The minimum Gasteiger partial charge on any atom is -0.469 e. The van der Waals surface area contributed by atoms with Gasteiger partial charge >= 0.3 is 11.9 Å². The molecule has 0 aromatic carbocycles. The van der Waals surface area contributed by atoms with Crippen molar-refractivity contribution in [1.82, 2.24) is 0 Å². The standard InChI is InChI=1S/C11H14O5/c1-7-6-16-8(4-5-9(12)14-2)10(7)11(13)15-3/h6H,4-5H2,1-3H3. The summed E-state index contributed by atoms with van der Waals surface area (Å²) in [6.45, 7) is 1.75. The number of carbonyl (C=O) groups is 2. The van der Waals surface area contributed by atoms with Crippen LogP contribution in [-0.2, 0) is 20.7 Å². The molecule has 0 saturated carbocycles. The fourth-order valence-electron chi connectivity index (χ4n) is 1.38. The number of carbonyl (C=O) groups excluding carboxylic acids is 2. The van der Waals surface area contributed by atoms with Gasteiger partial charge < -0.3 is 13.9 Å². The number of rotatable bonds is 4. The lowest BCUT2D eigenvalue weighted by Gasteiger charge is -2.01. The molecular formula is C11H14O5. The Balaban J connectivity index is 2.80. The van der Waals surface area contributed by atoms with Crippen molar-refractivity contribution in [3.63, 3.8) is 0 Å². The Morgan fingerprint density at radius 3 is 2.56 bits per heavy atom. The van der Waals surface area contributed by atoms with E-state index in [1.54, 1.807) is 6.92 Å². The second-order valence-electron chi connectivity index (χ2n) is 3.28. The molecule has 16 heavy (non-hydrogen) atoms. The molecule has 88 valence electrons. The van der Waals surface area contributed by atoms with Crippen molar-refractivity contribution in [3.8, 4) is 0 Å². The zero-order valence-electron chi connectivity index (χ0n) is 9.53. The summed E-state index contributed by atoms with van der Waals surface area (Å²) in [7, 11) is 2.62. The lowest BCUT2D eigenvalue weighted by molar-refractivity contribution is -0.140. The predicted molar refractivity (Wildman–Crippen MR) is 55.1 cm³/mol. The zero-order chi connectivity index (χ0) is 12.1. The summed E-state index contributed by atoms with van der Waals surface area (Å²) < 4.78 is 14.3. The van der Waals surface area contributed by atoms with E-state index in [1.807, 2.05) is 0 Å². The summed E-state index contributed by atoms with van der Waals surface area (Å²) in [5.74, 6) is -0.342. The lowest BCUT2D eigenvalue weighted by Crippen LogP contribution is -2.07. The topological polar surface area (TPSA) is 65.7 Å². The molecule has 0 saturated heterocycles. The first-order chi connectivity index (χ1) is 7.60. The van der Waals surface area contributed by atoms with Gasteiger partial charge in [-0.05, 0) is 6.92 Å². The van der Waals surface area contributed by atoms with Gasteiger partial charge in [0.2, 0.25) is 0 Å². The van der Waals surface area contributed by atoms with Gasteiger partial charge in [-0.3, -0.25) is 4.79 Å². The van der Waals surface area contributed by atoms with Gasteiger partial charge in [0.1, 0.15) is 11.3 Å². The Morgan fingerprint density at radius 1 is 1.31 bits per heavy atom. The lowest BCUT2D eigenvalue weighted by atomic mass is 10.1. The van der Waals surface area contributed by atoms with Crippen LogP contribution in [0.15, 0.2) is 10.7 Å². The molecule has 0 radical (unpaired) electrons. The Labute approximate surface area is 93.3 Å². The molecule has 0 fully saturated rings. The van der Waals surface area contributed by atoms with E-state index in [4.69, 9.17) is 4.42 Å². The van der Waals surface area contributed by atoms with E-state index in [0.717, 1.165) is 0 Å². The number of aryl methyl sites for hydroxylation is 2. The summed E-state index contributed by atoms with van der Waals surface area (Å²) in [5, 5.41) is 0. The average molecular weight is 226 g/mol. The van der Waals surface area contributed by atoms with Crippen molar-refractivity contribution in [2.24, 2.45) is 0 Å². The van der Waals surface area contributed by atoms with E-state index in [1.165, 1.54) is 20.5 Å². The van der Waals surface area contributed by atoms with Crippen molar-refractivity contribution in [1.29, 1.82) is 0 Å². The molecule has 5 heteroatoms. The van der Waals surface area contributed by atoms with Gasteiger partial charge in [0.15, 0.2) is 0 Å². The zero-order valence-corrected chi connectivity index (χ0v) is 9.53. The van der Waals surface area contributed by atoms with E-state index in [9.17, 15) is 9.59 Å². The third-order valence-corrected chi connectivity index (χ3v) is 2.22. The third-order valence-electron chi connectivity index (χ3n) is 2.22. The highest BCUT2D eigenvalue weighted by Gasteiger charge is 2.19. The molecule has 0 N–H and O–H groups in total. The Morgan fingerprint density at radius 2 is 2.00 bits per heavy atom. The molecule has 0 atom stereocenters. The molecule has 0 amide bonds. The van der Waals surface area contributed by atoms with Gasteiger partial charge in [0.25, 0.3) is 0 Å². The molecule has 1 aromatic heterocycles. The van der Waals surface area contributed by atoms with Crippen LogP contribution in [0, 0.1) is 6.92 Å². The first kappa shape index (κ1) is 12.3. The molecule has 1 rings (SSSR count). The number of hydrogen-bond acceptors (Lipinski definition) is 5. The third kappa shape index (κ3) is 2.62. The monoisotopic (exact) mass is 226 g/mol. The largest absolute Gasteiger partial charge is 0.469 e. The maximum atomic E-state index is 11.4. The predicted octanol–water partition coefficient (Wildman–Crippen LogP) is 1.48. The fourth-order valence-corrected chi connectivity index (χ4v) is 1.38. The van der Waals surface area contributed by atoms with Gasteiger partial charge in [-0.25, -0.2) is 4.79 Å². The molecule has 1 heterocycles. The number of ether oxygens (including phenoxy) is 2. The van der Waals surface area contributed by atoms with E-state index in [0.29, 0.717) is 23.3 Å². The SMILES string of the molecule is COC(=O)CCc1occ(C)c1C(=O)OC. The number of hydrogen-bond donors (Lipinski definition) is 0. The maximum absolute atomic E-state index is 11.4. The minimum atomic E-state index is -0.453. The van der Waals surface area contributed by atoms with Gasteiger partial charge in [0, 0.05) is 12.0 Å². The second kappa shape index (κ2) is 5.34. The van der Waals surface area contributed by atoms with Crippen molar-refractivity contribution in [3.05, 3.63) is 23.2 Å². The maximum Gasteiger partial charge on any atom is 0.341 e. The van der Waals surface area contributed by atoms with Gasteiger partial charge in [-0.2, -0.15) is 0 Å². The normalized spacial score (nSPS) is 9.94. The Bertz CT molecular complexity index is 391. The van der Waals surface area contributed by atoms with Crippen LogP contribution < -0.4 is 0 Å². The van der Waals surface area contributed by atoms with Crippen LogP contribution in [0.25, 0.3) is 0 Å². The minimum absolute atomic E-state index is 0.174. The van der Waals surface area contributed by atoms with Crippen LogP contribution in [0.1, 0.15) is 28.1 Å². The molecule has 5 nitrogen and oxygen atoms in total. The highest BCUT2D eigenvalue weighted by atomic mass is 16.5. The Kier molecular flexibility index (Phi) is 4.10. The molecule has 0 aliphatic carbocycles. The van der Waals surface area contributed by atoms with Crippen LogP contribution in [0.3, 0.4) is 0 Å². The fraction of sp³-hybridized carbons (Fsp3) is 0.455. The smallest absolute Gasteiger partial charge is 0.341 e. The van der Waals surface area contributed by atoms with Crippen molar-refractivity contribution in [2.45, 2.75) is 19.8 Å². The molecule has 1 aromatic rings. The molecular weight excluding hydrogens is 212 g/mol. The number of methoxy groups -OCH3 is 2. The quantitative estimate of drug-likeness (QED) is 0.727. The van der Waals surface area contributed by atoms with Gasteiger partial charge in [-0.1, -0.05) is 0 Å². The van der Waals surface area contributed by atoms with Crippen LogP contribution in [-0.4, -0.2) is 26.2 Å². The van der Waals surface area contributed by atoms with E-state index < -0.39 is 5.97 Å². The Hall–Kier alpha value is -1.78. The highest BCUT2D eigenvalue weighted by Crippen LogP contribution is 2.19. The summed E-state index contributed by atoms with van der Waals surface area (Å²) in [6.07, 6.45) is 1.97. The number of furan rings is 1. The molecule has 0 aliphatic rings. The average Bonchev–Trinajstić information content (AvgIpc) is 2.66. The number of esters is 2. The van der Waals surface area contributed by atoms with Gasteiger partial charge in [-0.15, -0.1) is 0 Å². The molecule has 0 aliphatic heterocycles. The van der Waals surface area contributed by atoms with Crippen molar-refractivity contribution in [2.75, 3.05) is 14.2 Å². The summed E-state index contributed by atoms with van der Waals surface area (Å²) in [4.78, 5) is 22.4. The van der Waals surface area contributed by atoms with E-state index in [-0.39, 0.29) is 12.4 Å². The summed E-state index contributed by atoms with van der Waals surface area (Å²) >= 11 is 0. The summed E-state index contributed by atoms with van der Waals surface area (Å²) in [5.41, 5.74) is 1.10. The molecule has 0 bridgehead atoms. The second-order valence-corrected chi connectivity index (χ2v) is 3.28. The van der Waals surface area contributed by atoms with Crippen molar-refractivity contribution >= 4 is 11.9 Å². The van der Waals surface area contributed by atoms with Crippen LogP contribution in [0.2, 0.25) is 0 Å². The molecule has 0 unspecified atom stereocenters. The highest BCUT2D eigenvalue weighted by molar-refractivity contribution is 5.92. The van der Waals surface area contributed by atoms with Crippen molar-refractivity contribution < 1.29 is 23.5 Å². The van der Waals surface area contributed by atoms with Crippen LogP contribution in [0.4, 0.5) is 0 Å². The van der Waals surface area contributed by atoms with Crippen LogP contribution >= 0.6 is 0 Å².